The smallest absolute Gasteiger partial charge is 0.276 e. The molecule has 0 unspecified atom stereocenters. The number of rotatable bonds is 7. The van der Waals surface area contributed by atoms with Crippen molar-refractivity contribution < 1.29 is 4.92 Å². The molecule has 0 N–H and O–H groups in total. The van der Waals surface area contributed by atoms with Gasteiger partial charge in [0.1, 0.15) is 5.15 Å². The standard InChI is InChI=1S/C13H18ClN5O2/c1-4-18(8-11-5-6-12(14)15-7-11)13(9-19(20)21)16-10-17(2)3/h5-7,9-10H,4,8H2,1-3H3. The van der Waals surface area contributed by atoms with Crippen molar-refractivity contribution >= 4 is 17.9 Å². The zero-order valence-electron chi connectivity index (χ0n) is 12.2. The van der Waals surface area contributed by atoms with Gasteiger partial charge in [-0.15, -0.1) is 0 Å². The van der Waals surface area contributed by atoms with Crippen LogP contribution in [0.25, 0.3) is 0 Å². The fourth-order valence-corrected chi connectivity index (χ4v) is 1.65. The number of halogens is 1. The third-order valence-electron chi connectivity index (χ3n) is 2.51. The van der Waals surface area contributed by atoms with Crippen molar-refractivity contribution in [1.82, 2.24) is 14.8 Å². The summed E-state index contributed by atoms with van der Waals surface area (Å²) in [5.74, 6) is 0.283. The second-order valence-corrected chi connectivity index (χ2v) is 4.87. The molecule has 0 saturated heterocycles. The van der Waals surface area contributed by atoms with Gasteiger partial charge in [0.25, 0.3) is 6.20 Å². The first kappa shape index (κ1) is 16.9. The molecule has 0 aliphatic carbocycles. The lowest BCUT2D eigenvalue weighted by atomic mass is 10.2. The lowest BCUT2D eigenvalue weighted by Gasteiger charge is -2.21. The van der Waals surface area contributed by atoms with Crippen LogP contribution in [0.3, 0.4) is 0 Å². The third-order valence-corrected chi connectivity index (χ3v) is 2.73. The molecule has 0 fully saturated rings. The Morgan fingerprint density at radius 2 is 2.24 bits per heavy atom. The van der Waals surface area contributed by atoms with Gasteiger partial charge < -0.3 is 9.80 Å². The van der Waals surface area contributed by atoms with Gasteiger partial charge in [0, 0.05) is 33.4 Å². The lowest BCUT2D eigenvalue weighted by molar-refractivity contribution is -0.404. The Kier molecular flexibility index (Phi) is 6.61. The maximum absolute atomic E-state index is 10.8. The highest BCUT2D eigenvalue weighted by atomic mass is 35.5. The van der Waals surface area contributed by atoms with Gasteiger partial charge in [-0.25, -0.2) is 9.98 Å². The quantitative estimate of drug-likeness (QED) is 0.254. The van der Waals surface area contributed by atoms with E-state index in [1.165, 1.54) is 6.34 Å². The van der Waals surface area contributed by atoms with Crippen molar-refractivity contribution in [2.75, 3.05) is 20.6 Å². The van der Waals surface area contributed by atoms with Gasteiger partial charge in [0.05, 0.1) is 11.3 Å². The first-order chi connectivity index (χ1) is 9.92. The zero-order chi connectivity index (χ0) is 15.8. The number of hydrogen-bond donors (Lipinski definition) is 0. The second-order valence-electron chi connectivity index (χ2n) is 4.48. The molecule has 1 aromatic rings. The summed E-state index contributed by atoms with van der Waals surface area (Å²) in [7, 11) is 3.60. The minimum atomic E-state index is -0.509. The van der Waals surface area contributed by atoms with E-state index in [2.05, 4.69) is 9.98 Å². The van der Waals surface area contributed by atoms with Gasteiger partial charge >= 0.3 is 0 Å². The van der Waals surface area contributed by atoms with Crippen molar-refractivity contribution in [3.8, 4) is 0 Å². The molecule has 0 aliphatic rings. The average molecular weight is 312 g/mol. The largest absolute Gasteiger partial charge is 0.369 e. The molecule has 1 heterocycles. The topological polar surface area (TPSA) is 74.9 Å². The van der Waals surface area contributed by atoms with Crippen LogP contribution < -0.4 is 0 Å². The maximum Gasteiger partial charge on any atom is 0.276 e. The average Bonchev–Trinajstić information content (AvgIpc) is 2.42. The predicted molar refractivity (Wildman–Crippen MR) is 82.6 cm³/mol. The van der Waals surface area contributed by atoms with Gasteiger partial charge in [-0.3, -0.25) is 10.1 Å². The molecular weight excluding hydrogens is 294 g/mol. The summed E-state index contributed by atoms with van der Waals surface area (Å²) in [4.78, 5) is 21.9. The van der Waals surface area contributed by atoms with Crippen molar-refractivity contribution in [2.24, 2.45) is 4.99 Å². The molecule has 1 rings (SSSR count). The first-order valence-corrected chi connectivity index (χ1v) is 6.71. The number of nitrogens with zero attached hydrogens (tertiary/aromatic N) is 5. The van der Waals surface area contributed by atoms with E-state index in [0.29, 0.717) is 18.2 Å². The summed E-state index contributed by atoms with van der Waals surface area (Å²) in [5, 5.41) is 11.2. The molecule has 0 amide bonds. The molecule has 1 aromatic heterocycles. The van der Waals surface area contributed by atoms with Crippen LogP contribution in [0, 0.1) is 10.1 Å². The Morgan fingerprint density at radius 3 is 2.71 bits per heavy atom. The van der Waals surface area contributed by atoms with Crippen molar-refractivity contribution in [2.45, 2.75) is 13.5 Å². The van der Waals surface area contributed by atoms with Gasteiger partial charge in [-0.05, 0) is 18.6 Å². The minimum Gasteiger partial charge on any atom is -0.369 e. The van der Waals surface area contributed by atoms with Crippen LogP contribution in [0.1, 0.15) is 12.5 Å². The van der Waals surface area contributed by atoms with Gasteiger partial charge in [-0.1, -0.05) is 17.7 Å². The van der Waals surface area contributed by atoms with Gasteiger partial charge in [-0.2, -0.15) is 0 Å². The van der Waals surface area contributed by atoms with Crippen LogP contribution >= 0.6 is 11.6 Å². The van der Waals surface area contributed by atoms with Crippen LogP contribution in [0.2, 0.25) is 5.15 Å². The summed E-state index contributed by atoms with van der Waals surface area (Å²) in [6.45, 7) is 2.94. The van der Waals surface area contributed by atoms with Crippen molar-refractivity contribution in [3.63, 3.8) is 0 Å². The molecule has 114 valence electrons. The summed E-state index contributed by atoms with van der Waals surface area (Å²) >= 11 is 5.74. The van der Waals surface area contributed by atoms with E-state index in [1.54, 1.807) is 36.2 Å². The summed E-state index contributed by atoms with van der Waals surface area (Å²) < 4.78 is 0. The Morgan fingerprint density at radius 1 is 1.52 bits per heavy atom. The van der Waals surface area contributed by atoms with E-state index in [-0.39, 0.29) is 5.82 Å². The van der Waals surface area contributed by atoms with Crippen LogP contribution in [0.5, 0.6) is 0 Å². The van der Waals surface area contributed by atoms with E-state index < -0.39 is 4.92 Å². The van der Waals surface area contributed by atoms with E-state index in [4.69, 9.17) is 11.6 Å². The number of aromatic nitrogens is 1. The number of aliphatic imine (C=N–C) groups is 1. The van der Waals surface area contributed by atoms with Gasteiger partial charge in [0.2, 0.25) is 5.82 Å². The highest BCUT2D eigenvalue weighted by molar-refractivity contribution is 6.29. The molecule has 0 spiro atoms. The molecule has 7 nitrogen and oxygen atoms in total. The molecule has 0 aromatic carbocycles. The highest BCUT2D eigenvalue weighted by Crippen LogP contribution is 2.13. The number of nitro groups is 1. The van der Waals surface area contributed by atoms with E-state index in [9.17, 15) is 10.1 Å². The summed E-state index contributed by atoms with van der Waals surface area (Å²) in [5.41, 5.74) is 0.899. The Labute approximate surface area is 128 Å². The van der Waals surface area contributed by atoms with Crippen molar-refractivity contribution in [3.05, 3.63) is 51.2 Å². The van der Waals surface area contributed by atoms with E-state index >= 15 is 0 Å². The van der Waals surface area contributed by atoms with E-state index in [0.717, 1.165) is 11.8 Å². The number of hydrogen-bond acceptors (Lipinski definition) is 5. The van der Waals surface area contributed by atoms with Crippen LogP contribution in [0.15, 0.2) is 35.3 Å². The first-order valence-electron chi connectivity index (χ1n) is 6.33. The lowest BCUT2D eigenvalue weighted by Crippen LogP contribution is -2.23. The molecule has 0 bridgehead atoms. The van der Waals surface area contributed by atoms with Gasteiger partial charge in [0.15, 0.2) is 0 Å². The molecule has 0 aliphatic heterocycles. The maximum atomic E-state index is 10.8. The molecule has 0 saturated carbocycles. The predicted octanol–water partition coefficient (Wildman–Crippen LogP) is 2.22. The third kappa shape index (κ3) is 6.22. The van der Waals surface area contributed by atoms with Crippen LogP contribution in [0.4, 0.5) is 0 Å². The fourth-order valence-electron chi connectivity index (χ4n) is 1.54. The minimum absolute atomic E-state index is 0.283. The monoisotopic (exact) mass is 311 g/mol. The zero-order valence-corrected chi connectivity index (χ0v) is 13.0. The Hall–Kier alpha value is -2.15. The molecular formula is C13H18ClN5O2. The number of pyridine rings is 1. The molecule has 21 heavy (non-hydrogen) atoms. The SMILES string of the molecule is CCN(Cc1ccc(Cl)nc1)C(=C[N+](=O)[O-])N=CN(C)C. The normalized spacial score (nSPS) is 11.7. The fraction of sp³-hybridized carbons (Fsp3) is 0.385. The van der Waals surface area contributed by atoms with Crippen LogP contribution in [-0.4, -0.2) is 46.7 Å². The molecule has 8 heteroatoms. The summed E-state index contributed by atoms with van der Waals surface area (Å²) in [6, 6.07) is 3.52. The Balaban J connectivity index is 2.96. The Bertz CT molecular complexity index is 528. The van der Waals surface area contributed by atoms with Crippen molar-refractivity contribution in [1.29, 1.82) is 0 Å². The molecule has 0 radical (unpaired) electrons. The van der Waals surface area contributed by atoms with E-state index in [1.807, 2.05) is 13.0 Å². The highest BCUT2D eigenvalue weighted by Gasteiger charge is 2.12. The molecule has 0 atom stereocenters. The summed E-state index contributed by atoms with van der Waals surface area (Å²) in [6.07, 6.45) is 4.06. The second kappa shape index (κ2) is 8.21. The van der Waals surface area contributed by atoms with Crippen LogP contribution in [-0.2, 0) is 6.54 Å².